The van der Waals surface area contributed by atoms with Crippen molar-refractivity contribution >= 4 is 271 Å². The Morgan fingerprint density at radius 3 is 0.812 bits per heavy atom. The molecule has 24 aromatic rings. The summed E-state index contributed by atoms with van der Waals surface area (Å²) in [6.07, 6.45) is 10.3. The Kier molecular flexibility index (Phi) is 5.54. The van der Waals surface area contributed by atoms with E-state index in [1.165, 1.54) is 45.3 Å². The van der Waals surface area contributed by atoms with Gasteiger partial charge in [0.25, 0.3) is 0 Å². The lowest BCUT2D eigenvalue weighted by atomic mass is 9.40. The Labute approximate surface area is 542 Å². The Hall–Kier alpha value is -8.50. The molecule has 0 aliphatic heterocycles. The zero-order valence-corrected chi connectivity index (χ0v) is 54.3. The van der Waals surface area contributed by atoms with Gasteiger partial charge in [-0.05, 0) is 341 Å². The van der Waals surface area contributed by atoms with E-state index in [0.717, 1.165) is 64.7 Å². The normalized spacial score (nSPS) is 28.8. The molecular weight excluding hydrogens is 1180 g/mol. The summed E-state index contributed by atoms with van der Waals surface area (Å²) in [7, 11) is 13.5. The molecule has 0 heterocycles. The Balaban J connectivity index is 0.875. The number of carbonyl (C=O) groups excluding carboxylic acids is 2. The van der Waals surface area contributed by atoms with Crippen LogP contribution < -0.4 is 19.6 Å². The zero-order chi connectivity index (χ0) is 60.8. The molecule has 10 unspecified atom stereocenters. The number of nitrogens with one attached hydrogen (secondary N) is 4. The van der Waals surface area contributed by atoms with E-state index in [-0.39, 0.29) is 36.0 Å². The molecule has 8 nitrogen and oxygen atoms in total. The van der Waals surface area contributed by atoms with E-state index in [9.17, 15) is 0 Å². The topological polar surface area (TPSA) is 70.4 Å². The van der Waals surface area contributed by atoms with Crippen molar-refractivity contribution in [1.82, 2.24) is 0 Å². The van der Waals surface area contributed by atoms with Crippen molar-refractivity contribution in [3.8, 4) is 0 Å². The van der Waals surface area contributed by atoms with Gasteiger partial charge in [-0.25, -0.2) is 9.59 Å². The van der Waals surface area contributed by atoms with Crippen molar-refractivity contribution < 1.29 is 38.7 Å². The summed E-state index contributed by atoms with van der Waals surface area (Å²) in [6.45, 7) is 4.86. The first-order valence-electron chi connectivity index (χ1n) is 37.7. The minimum absolute atomic E-state index is 0.000338. The van der Waals surface area contributed by atoms with Crippen molar-refractivity contribution in [2.45, 2.75) is 98.1 Å². The van der Waals surface area contributed by atoms with Crippen LogP contribution in [0.1, 0.15) is 109 Å². The quantitative estimate of drug-likeness (QED) is 0.0647. The number of quaternary nitrogens is 4. The highest BCUT2D eigenvalue weighted by Gasteiger charge is 2.86. The van der Waals surface area contributed by atoms with Gasteiger partial charge in [0.2, 0.25) is 0 Å². The van der Waals surface area contributed by atoms with Crippen LogP contribution in [0.25, 0.3) is 259 Å². The first-order chi connectivity index (χ1) is 47.1. The van der Waals surface area contributed by atoms with Crippen LogP contribution in [0, 0.1) is 11.8 Å². The van der Waals surface area contributed by atoms with Gasteiger partial charge >= 0.3 is 11.9 Å². The lowest BCUT2D eigenvalue weighted by Crippen LogP contribution is -3.11. The van der Waals surface area contributed by atoms with Crippen LogP contribution in [-0.4, -0.2) is 106 Å². The summed E-state index contributed by atoms with van der Waals surface area (Å²) in [5.74, 6) is 0.476. The van der Waals surface area contributed by atoms with E-state index in [1.807, 2.05) is 0 Å². The van der Waals surface area contributed by atoms with Gasteiger partial charge in [-0.15, -0.1) is 0 Å². The molecule has 96 heavy (non-hydrogen) atoms. The van der Waals surface area contributed by atoms with E-state index in [2.05, 4.69) is 42.3 Å². The number of allylic oxidation sites excluding steroid dienone is 2. The first kappa shape index (κ1) is 45.1. The number of rotatable bonds is 14. The number of hydrogen-bond acceptors (Lipinski definition) is 4. The summed E-state index contributed by atoms with van der Waals surface area (Å²) >= 11 is 0. The lowest BCUT2D eigenvalue weighted by molar-refractivity contribution is -0.887. The number of esters is 2. The molecular formula is C88H58N4O4+4. The largest absolute Gasteiger partial charge is 0.457 e. The molecule has 0 amide bonds. The summed E-state index contributed by atoms with van der Waals surface area (Å²) < 4.78 is 16.2. The number of carbonyl (C=O) groups is 2. The highest BCUT2D eigenvalue weighted by Crippen LogP contribution is 2.94. The third-order valence-corrected chi connectivity index (χ3v) is 33.4. The van der Waals surface area contributed by atoms with Crippen LogP contribution in [0.5, 0.6) is 0 Å². The van der Waals surface area contributed by atoms with Crippen LogP contribution >= 0.6 is 0 Å². The second kappa shape index (κ2) is 11.8. The van der Waals surface area contributed by atoms with Gasteiger partial charge in [0.15, 0.2) is 13.1 Å². The molecule has 4 bridgehead atoms. The van der Waals surface area contributed by atoms with Crippen LogP contribution in [0.4, 0.5) is 0 Å². The lowest BCUT2D eigenvalue weighted by Gasteiger charge is -2.60. The van der Waals surface area contributed by atoms with E-state index in [4.69, 9.17) is 9.47 Å². The average molecular weight is 1240 g/mol. The van der Waals surface area contributed by atoms with E-state index in [0.29, 0.717) is 13.1 Å². The molecule has 2 saturated carbocycles. The van der Waals surface area contributed by atoms with Crippen molar-refractivity contribution in [2.75, 3.05) is 81.6 Å². The summed E-state index contributed by atoms with van der Waals surface area (Å²) in [5.41, 5.74) is 14.1. The summed E-state index contributed by atoms with van der Waals surface area (Å²) in [4.78, 5) is 37.7. The smallest absolute Gasteiger partial charge is 0.362 e. The molecule has 4 spiro atoms. The molecule has 2 fully saturated rings. The van der Waals surface area contributed by atoms with Crippen LogP contribution in [0.2, 0.25) is 0 Å². The third kappa shape index (κ3) is 3.06. The Morgan fingerprint density at radius 1 is 0.302 bits per heavy atom. The predicted molar refractivity (Wildman–Crippen MR) is 388 cm³/mol. The van der Waals surface area contributed by atoms with Crippen molar-refractivity contribution in [2.24, 2.45) is 11.8 Å². The number of hydrogen-bond donors (Lipinski definition) is 4. The van der Waals surface area contributed by atoms with Gasteiger partial charge in [-0.1, -0.05) is 25.7 Å². The molecule has 11 aliphatic rings. The van der Waals surface area contributed by atoms with E-state index >= 15 is 9.59 Å². The first-order valence-corrected chi connectivity index (χ1v) is 37.7. The fourth-order valence-corrected chi connectivity index (χ4v) is 32.7. The number of benzene rings is 16. The molecule has 8 heteroatoms. The van der Waals surface area contributed by atoms with E-state index < -0.39 is 21.7 Å². The van der Waals surface area contributed by atoms with Crippen molar-refractivity contribution in [1.29, 1.82) is 0 Å². The maximum Gasteiger partial charge on any atom is 0.362 e. The second-order valence-corrected chi connectivity index (χ2v) is 36.4. The van der Waals surface area contributed by atoms with Crippen molar-refractivity contribution in [3.05, 3.63) is 44.5 Å². The second-order valence-electron chi connectivity index (χ2n) is 36.4. The van der Waals surface area contributed by atoms with E-state index in [1.54, 1.807) is 303 Å². The van der Waals surface area contributed by atoms with Crippen LogP contribution in [0.3, 0.4) is 0 Å². The fourth-order valence-electron chi connectivity index (χ4n) is 32.7. The highest BCUT2D eigenvalue weighted by molar-refractivity contribution is 6.79. The maximum atomic E-state index is 16.1. The van der Waals surface area contributed by atoms with Crippen LogP contribution in [-0.2, 0) is 40.7 Å². The molecule has 10 atom stereocenters. The molecule has 4 N–H and O–H groups in total. The minimum atomic E-state index is -0.662. The van der Waals surface area contributed by atoms with Crippen LogP contribution in [0.15, 0.2) is 0 Å². The highest BCUT2D eigenvalue weighted by atomic mass is 16.6. The molecule has 11 aliphatic carbocycles. The van der Waals surface area contributed by atoms with Gasteiger partial charge in [0, 0.05) is 23.7 Å². The predicted octanol–water partition coefficient (Wildman–Crippen LogP) is 12.1. The standard InChI is InChI=1S/C88H54N4O4/c1-89(2)15-11-17-91(5)21-27(93)95-25-19-23-13-9-7-8-10-14-24-20-26(96-28(94)22-92(6)18-12-16-90(3)4)88-80-68-60-50-42-34-29-30-32-35-39-33(30)41-37-31(29)36-40(34)52(60)58-54-43(36)47-45(37)55-49(41)59-51(39)57-53-44(35)48-46(38(32)42)56(50)70(80)72-62(48)64(53)74-76(82(72)88)83-84-75-73(78(66(58)68)86(24,84)88)63(54)61(47)71-69(55)79-67(59)65(57)77(74)85(23,83)87(25,79)81(71)75/h23-26H,7-22H2,1-6H3/p+4. The summed E-state index contributed by atoms with van der Waals surface area (Å²) in [5, 5.41) is 73.4. The molecule has 35 rings (SSSR count). The maximum absolute atomic E-state index is 16.1. The molecule has 24 aromatic carbocycles. The molecule has 450 valence electrons. The minimum Gasteiger partial charge on any atom is -0.457 e. The number of likely N-dealkylation sites (N-methyl/N-ethyl adjacent to an activating group) is 2. The SMILES string of the molecule is C[NH+](C)CCC[NH+](C)CC(=O)OC1CC2CCCCCCC3CC(OC(=O)C[NH+](C)CCC[NH+](C)C)C45c6c7c8c9c%10c%11c%12c%13c%14c%15c%16c%17c(c%18c%19c4c4c6c6c8c8c%10c%10c%11c%11c%13c%13c%20c%14c%17c%14c%18c%17c%19c%18c4c4c6c8c6c%10c8c%11c%13c%10c(c%14%20)c%17c%11c%18c4c6c8c%11%10)C35C%16=C7C92C%15%121. The van der Waals surface area contributed by atoms with Gasteiger partial charge in [0.1, 0.15) is 12.2 Å². The fraction of sp³-hybridized carbons (Fsp3) is 0.341. The Morgan fingerprint density at radius 2 is 0.542 bits per heavy atom. The average Bonchev–Trinajstić information content (AvgIpc) is 1.37. The van der Waals surface area contributed by atoms with Gasteiger partial charge in [-0.3, -0.25) is 0 Å². The van der Waals surface area contributed by atoms with Gasteiger partial charge in [0.05, 0.1) is 79.3 Å². The van der Waals surface area contributed by atoms with Crippen molar-refractivity contribution in [3.63, 3.8) is 0 Å². The monoisotopic (exact) mass is 1230 g/mol. The van der Waals surface area contributed by atoms with Gasteiger partial charge in [-0.2, -0.15) is 0 Å². The number of ether oxygens (including phenoxy) is 2. The van der Waals surface area contributed by atoms with Gasteiger partial charge < -0.3 is 29.1 Å². The Bertz CT molecular complexity index is 7550. The molecule has 0 aromatic heterocycles. The summed E-state index contributed by atoms with van der Waals surface area (Å²) in [6, 6.07) is 0. The third-order valence-electron chi connectivity index (χ3n) is 33.4. The molecule has 0 radical (unpaired) electrons. The zero-order valence-electron chi connectivity index (χ0n) is 54.3. The molecule has 0 saturated heterocycles.